The number of thiophene rings is 1. The van der Waals surface area contributed by atoms with Gasteiger partial charge in [-0.05, 0) is 38.1 Å². The Labute approximate surface area is 128 Å². The van der Waals surface area contributed by atoms with Crippen LogP contribution in [0.1, 0.15) is 38.5 Å². The van der Waals surface area contributed by atoms with Crippen LogP contribution in [-0.2, 0) is 24.6 Å². The molecule has 6 heteroatoms. The standard InChI is InChI=1S/C15H21NO4S/c1-11(17)20-14(2,3)13(18)16-15(6-8-19-9-7-15)12-5-4-10-21-12/h4-5,10H,6-9H2,1-3H3,(H,16,18). The number of esters is 1. The van der Waals surface area contributed by atoms with Crippen molar-refractivity contribution in [1.29, 1.82) is 0 Å². The molecule has 1 aliphatic rings. The van der Waals surface area contributed by atoms with Crippen molar-refractivity contribution >= 4 is 23.2 Å². The van der Waals surface area contributed by atoms with Crippen molar-refractivity contribution in [3.8, 4) is 0 Å². The van der Waals surface area contributed by atoms with E-state index in [1.807, 2.05) is 17.5 Å². The summed E-state index contributed by atoms with van der Waals surface area (Å²) in [6.07, 6.45) is 1.44. The average molecular weight is 311 g/mol. The second-order valence-corrected chi connectivity index (χ2v) is 6.68. The van der Waals surface area contributed by atoms with Crippen molar-refractivity contribution in [2.45, 2.75) is 44.8 Å². The predicted molar refractivity (Wildman–Crippen MR) is 80.0 cm³/mol. The van der Waals surface area contributed by atoms with Gasteiger partial charge >= 0.3 is 5.97 Å². The van der Waals surface area contributed by atoms with Crippen LogP contribution in [0.2, 0.25) is 0 Å². The summed E-state index contributed by atoms with van der Waals surface area (Å²) in [5, 5.41) is 5.09. The lowest BCUT2D eigenvalue weighted by atomic mass is 9.87. The SMILES string of the molecule is CC(=O)OC(C)(C)C(=O)NC1(c2cccs2)CCOCC1. The molecule has 2 rings (SSSR count). The zero-order chi connectivity index (χ0) is 15.5. The lowest BCUT2D eigenvalue weighted by Gasteiger charge is -2.39. The van der Waals surface area contributed by atoms with Crippen LogP contribution in [0.5, 0.6) is 0 Å². The zero-order valence-electron chi connectivity index (χ0n) is 12.6. The quantitative estimate of drug-likeness (QED) is 0.866. The Balaban J connectivity index is 2.20. The maximum atomic E-state index is 12.5. The molecule has 0 unspecified atom stereocenters. The molecule has 1 saturated heterocycles. The highest BCUT2D eigenvalue weighted by Gasteiger charge is 2.41. The third kappa shape index (κ3) is 3.63. The van der Waals surface area contributed by atoms with Gasteiger partial charge in [-0.2, -0.15) is 0 Å². The first kappa shape index (κ1) is 16.0. The van der Waals surface area contributed by atoms with Gasteiger partial charge in [0.05, 0.1) is 5.54 Å². The summed E-state index contributed by atoms with van der Waals surface area (Å²) >= 11 is 1.62. The highest BCUT2D eigenvalue weighted by atomic mass is 32.1. The Morgan fingerprint density at radius 2 is 2.05 bits per heavy atom. The van der Waals surface area contributed by atoms with Gasteiger partial charge in [-0.1, -0.05) is 6.07 Å². The number of rotatable bonds is 4. The Morgan fingerprint density at radius 3 is 2.57 bits per heavy atom. The second kappa shape index (κ2) is 6.15. The van der Waals surface area contributed by atoms with Crippen LogP contribution in [-0.4, -0.2) is 30.7 Å². The normalized spacial score (nSPS) is 18.0. The maximum absolute atomic E-state index is 12.5. The number of hydrogen-bond acceptors (Lipinski definition) is 5. The number of carbonyl (C=O) groups is 2. The van der Waals surface area contributed by atoms with Gasteiger partial charge in [0, 0.05) is 25.0 Å². The molecule has 0 radical (unpaired) electrons. The Morgan fingerprint density at radius 1 is 1.38 bits per heavy atom. The highest BCUT2D eigenvalue weighted by Crippen LogP contribution is 2.35. The van der Waals surface area contributed by atoms with E-state index in [1.54, 1.807) is 25.2 Å². The van der Waals surface area contributed by atoms with E-state index < -0.39 is 17.1 Å². The molecule has 1 amide bonds. The summed E-state index contributed by atoms with van der Waals surface area (Å²) in [5.41, 5.74) is -1.62. The van der Waals surface area contributed by atoms with Crippen LogP contribution in [0.15, 0.2) is 17.5 Å². The number of ether oxygens (including phenoxy) is 2. The van der Waals surface area contributed by atoms with E-state index in [0.717, 1.165) is 17.7 Å². The monoisotopic (exact) mass is 311 g/mol. The smallest absolute Gasteiger partial charge is 0.303 e. The molecule has 2 heterocycles. The molecule has 1 aromatic rings. The third-order valence-electron chi connectivity index (χ3n) is 3.64. The fraction of sp³-hybridized carbons (Fsp3) is 0.600. The molecule has 21 heavy (non-hydrogen) atoms. The van der Waals surface area contributed by atoms with E-state index in [2.05, 4.69) is 5.32 Å². The minimum Gasteiger partial charge on any atom is -0.450 e. The van der Waals surface area contributed by atoms with Crippen LogP contribution < -0.4 is 5.32 Å². The Bertz CT molecular complexity index is 504. The molecule has 116 valence electrons. The molecule has 5 nitrogen and oxygen atoms in total. The summed E-state index contributed by atoms with van der Waals surface area (Å²) in [4.78, 5) is 24.8. The van der Waals surface area contributed by atoms with Gasteiger partial charge in [-0.25, -0.2) is 0 Å². The molecule has 0 atom stereocenters. The van der Waals surface area contributed by atoms with Crippen molar-refractivity contribution in [2.24, 2.45) is 0 Å². The Hall–Kier alpha value is -1.40. The maximum Gasteiger partial charge on any atom is 0.303 e. The summed E-state index contributed by atoms with van der Waals surface area (Å²) in [6.45, 7) is 5.72. The molecule has 1 N–H and O–H groups in total. The van der Waals surface area contributed by atoms with Crippen LogP contribution in [0.4, 0.5) is 0 Å². The molecule has 1 aromatic heterocycles. The number of amides is 1. The number of carbonyl (C=O) groups excluding carboxylic acids is 2. The van der Waals surface area contributed by atoms with Gasteiger partial charge in [0.15, 0.2) is 5.60 Å². The fourth-order valence-electron chi connectivity index (χ4n) is 2.48. The van der Waals surface area contributed by atoms with E-state index in [0.29, 0.717) is 13.2 Å². The third-order valence-corrected chi connectivity index (χ3v) is 4.71. The number of nitrogens with one attached hydrogen (secondary N) is 1. The minimum atomic E-state index is -1.19. The van der Waals surface area contributed by atoms with Crippen molar-refractivity contribution in [3.05, 3.63) is 22.4 Å². The van der Waals surface area contributed by atoms with E-state index in [1.165, 1.54) is 6.92 Å². The molecule has 0 aromatic carbocycles. The molecule has 0 bridgehead atoms. The Kier molecular flexibility index (Phi) is 4.68. The van der Waals surface area contributed by atoms with Gasteiger partial charge in [-0.3, -0.25) is 9.59 Å². The van der Waals surface area contributed by atoms with Crippen LogP contribution >= 0.6 is 11.3 Å². The summed E-state index contributed by atoms with van der Waals surface area (Å²) in [6, 6.07) is 4.00. The molecule has 1 aliphatic heterocycles. The highest BCUT2D eigenvalue weighted by molar-refractivity contribution is 7.10. The molecule has 1 fully saturated rings. The van der Waals surface area contributed by atoms with Crippen molar-refractivity contribution in [2.75, 3.05) is 13.2 Å². The van der Waals surface area contributed by atoms with Gasteiger partial charge < -0.3 is 14.8 Å². The van der Waals surface area contributed by atoms with Crippen molar-refractivity contribution in [3.63, 3.8) is 0 Å². The first-order chi connectivity index (χ1) is 9.86. The molecule has 0 spiro atoms. The van der Waals surface area contributed by atoms with Crippen molar-refractivity contribution in [1.82, 2.24) is 5.32 Å². The largest absolute Gasteiger partial charge is 0.450 e. The topological polar surface area (TPSA) is 64.6 Å². The van der Waals surface area contributed by atoms with Gasteiger partial charge in [0.25, 0.3) is 5.91 Å². The van der Waals surface area contributed by atoms with E-state index >= 15 is 0 Å². The summed E-state index contributed by atoms with van der Waals surface area (Å²) in [7, 11) is 0. The molecule has 0 aliphatic carbocycles. The average Bonchev–Trinajstić information content (AvgIpc) is 2.92. The van der Waals surface area contributed by atoms with E-state index in [-0.39, 0.29) is 5.91 Å². The van der Waals surface area contributed by atoms with Crippen LogP contribution in [0.3, 0.4) is 0 Å². The van der Waals surface area contributed by atoms with Gasteiger partial charge in [-0.15, -0.1) is 11.3 Å². The van der Waals surface area contributed by atoms with E-state index in [4.69, 9.17) is 9.47 Å². The molecular weight excluding hydrogens is 290 g/mol. The fourth-order valence-corrected chi connectivity index (χ4v) is 3.42. The second-order valence-electron chi connectivity index (χ2n) is 5.73. The van der Waals surface area contributed by atoms with Crippen LogP contribution in [0, 0.1) is 0 Å². The first-order valence-corrected chi connectivity index (χ1v) is 7.88. The lowest BCUT2D eigenvalue weighted by molar-refractivity contribution is -0.164. The van der Waals surface area contributed by atoms with E-state index in [9.17, 15) is 9.59 Å². The summed E-state index contributed by atoms with van der Waals surface area (Å²) in [5.74, 6) is -0.750. The zero-order valence-corrected chi connectivity index (χ0v) is 13.4. The first-order valence-electron chi connectivity index (χ1n) is 7.00. The van der Waals surface area contributed by atoms with Crippen molar-refractivity contribution < 1.29 is 19.1 Å². The van der Waals surface area contributed by atoms with Gasteiger partial charge in [0.2, 0.25) is 0 Å². The molecule has 0 saturated carbocycles. The van der Waals surface area contributed by atoms with Gasteiger partial charge in [0.1, 0.15) is 0 Å². The summed E-state index contributed by atoms with van der Waals surface area (Å²) < 4.78 is 10.5. The number of hydrogen-bond donors (Lipinski definition) is 1. The predicted octanol–water partition coefficient (Wildman–Crippen LogP) is 2.21. The van der Waals surface area contributed by atoms with Crippen LogP contribution in [0.25, 0.3) is 0 Å². The molecular formula is C15H21NO4S. The lowest BCUT2D eigenvalue weighted by Crippen LogP contribution is -2.55. The minimum absolute atomic E-state index is 0.284.